The third-order valence-corrected chi connectivity index (χ3v) is 25.5. The molecule has 0 unspecified atom stereocenters. The largest absolute Gasteiger partial charge is 0.271 e. The van der Waals surface area contributed by atoms with Crippen LogP contribution in [-0.4, -0.2) is 29.5 Å². The van der Waals surface area contributed by atoms with Crippen molar-refractivity contribution in [3.8, 4) is 66.8 Å². The molecule has 0 spiro atoms. The topological polar surface area (TPSA) is 259 Å². The Labute approximate surface area is 725 Å². The Morgan fingerprint density at radius 3 is 0.852 bits per heavy atom. The molecule has 0 amide bonds. The number of fused-ring (bicyclic) bond motifs is 2. The molecule has 0 saturated carbocycles. The van der Waals surface area contributed by atoms with Crippen molar-refractivity contribution >= 4 is 230 Å². The molecule has 33 heteroatoms. The van der Waals surface area contributed by atoms with Gasteiger partial charge in [0.05, 0.1) is 59.7 Å². The molecule has 0 aromatic heterocycles. The van der Waals surface area contributed by atoms with Crippen LogP contribution in [0.5, 0.6) is 0 Å². The molecule has 0 bridgehead atoms. The van der Waals surface area contributed by atoms with Crippen LogP contribution in [0.2, 0.25) is 60.3 Å². The Hall–Kier alpha value is -9.47. The molecule has 14 aromatic carbocycles. The van der Waals surface area contributed by atoms with Crippen molar-refractivity contribution < 1.29 is 29.5 Å². The van der Waals surface area contributed by atoms with Crippen LogP contribution in [-0.2, 0) is 0 Å². The Balaban J connectivity index is 0.000000160. The van der Waals surface area contributed by atoms with Gasteiger partial charge in [0.25, 0.3) is 34.1 Å². The molecule has 14 aromatic rings. The SMILES string of the molecule is Cc1cc([N+](=O)[O-])ccc1-c1c(Cl)ccc(Sc2ccc(Cl)c(-c3ccc([N+](=O)[O-])cc3C)c2Cl)c1Cl.O=[N+]([O-])c1cc(Cl)cc(-c2c(Cl)ccc(Sc3ccc(Cl)c(-c4cc(Cl)cc([N+](=O)[O-])c4)c3Cl)c2Cl)c1.O=[N+]([O-])c1ccc(-c2ccc3ccccc3c2Sc2c(-c3ccc([N+](=O)[O-])cc3Cl)ccc3ccccc23)c(Cl)c1. The molecule has 0 fully saturated rings. The van der Waals surface area contributed by atoms with E-state index < -0.39 is 29.5 Å². The predicted molar refractivity (Wildman–Crippen MR) is 468 cm³/mol. The lowest BCUT2D eigenvalue weighted by atomic mass is 10.00. The Bertz CT molecular complexity index is 6050. The number of nitro benzene ring substituents is 6. The number of hydrogen-bond acceptors (Lipinski definition) is 15. The van der Waals surface area contributed by atoms with Gasteiger partial charge in [-0.15, -0.1) is 0 Å². The number of nitro groups is 6. The van der Waals surface area contributed by atoms with Crippen LogP contribution in [0.15, 0.2) is 260 Å². The number of aryl methyl sites for hydroxylation is 2. The van der Waals surface area contributed by atoms with Crippen LogP contribution in [0.1, 0.15) is 11.1 Å². The van der Waals surface area contributed by atoms with E-state index in [1.807, 2.05) is 72.8 Å². The Morgan fingerprint density at radius 2 is 0.539 bits per heavy atom. The van der Waals surface area contributed by atoms with Crippen LogP contribution in [0.25, 0.3) is 88.3 Å². The first-order valence-electron chi connectivity index (χ1n) is 33.1. The molecule has 0 heterocycles. The minimum absolute atomic E-state index is 0.0268. The second-order valence-corrected chi connectivity index (χ2v) is 32.9. The van der Waals surface area contributed by atoms with E-state index in [2.05, 4.69) is 0 Å². The molecule has 0 aliphatic rings. The quantitative estimate of drug-likeness (QED) is 0.0571. The zero-order valence-corrected chi connectivity index (χ0v) is 69.8. The molecule has 0 aliphatic heterocycles. The van der Waals surface area contributed by atoms with E-state index in [-0.39, 0.29) is 74.3 Å². The van der Waals surface area contributed by atoms with Gasteiger partial charge in [-0.25, -0.2) is 0 Å². The summed E-state index contributed by atoms with van der Waals surface area (Å²) in [5, 5.41) is 75.0. The first kappa shape index (κ1) is 84.9. The number of halogens is 12. The molecule has 18 nitrogen and oxygen atoms in total. The average molecular weight is 1830 g/mol. The molecule has 0 radical (unpaired) electrons. The zero-order valence-electron chi connectivity index (χ0n) is 58.3. The maximum Gasteiger partial charge on any atom is 0.271 e. The summed E-state index contributed by atoms with van der Waals surface area (Å²) in [6.07, 6.45) is 0. The van der Waals surface area contributed by atoms with Gasteiger partial charge in [0.15, 0.2) is 0 Å². The predicted octanol–water partition coefficient (Wildman–Crippen LogP) is 31.7. The average Bonchev–Trinajstić information content (AvgIpc) is 0.759. The summed E-state index contributed by atoms with van der Waals surface area (Å²) >= 11 is 82.4. The Morgan fingerprint density at radius 1 is 0.252 bits per heavy atom. The fourth-order valence-corrected chi connectivity index (χ4v) is 19.3. The highest BCUT2D eigenvalue weighted by Crippen LogP contribution is 2.54. The molecule has 0 N–H and O–H groups in total. The van der Waals surface area contributed by atoms with Crippen molar-refractivity contribution in [1.29, 1.82) is 0 Å². The smallest absolute Gasteiger partial charge is 0.258 e. The second kappa shape index (κ2) is 36.4. The number of benzene rings is 14. The van der Waals surface area contributed by atoms with Gasteiger partial charge in [0.1, 0.15) is 0 Å². The highest BCUT2D eigenvalue weighted by molar-refractivity contribution is 8.00. The van der Waals surface area contributed by atoms with Crippen molar-refractivity contribution in [2.24, 2.45) is 0 Å². The minimum atomic E-state index is -0.565. The molecular formula is C82H44Cl12N6O12S3. The first-order valence-corrected chi connectivity index (χ1v) is 40.0. The normalized spacial score (nSPS) is 11.0. The fourth-order valence-electron chi connectivity index (χ4n) is 12.3. The van der Waals surface area contributed by atoms with Gasteiger partial charge in [-0.05, 0) is 165 Å². The van der Waals surface area contributed by atoms with Gasteiger partial charge in [-0.3, -0.25) is 60.7 Å². The maximum absolute atomic E-state index is 11.4. The van der Waals surface area contributed by atoms with E-state index in [1.54, 1.807) is 98.4 Å². The summed E-state index contributed by atoms with van der Waals surface area (Å²) in [4.78, 5) is 68.9. The maximum atomic E-state index is 11.4. The molecular weight excluding hydrogens is 1780 g/mol. The van der Waals surface area contributed by atoms with Gasteiger partial charge in [-0.1, -0.05) is 247 Å². The third-order valence-electron chi connectivity index (χ3n) is 17.7. The van der Waals surface area contributed by atoms with Crippen LogP contribution in [0.4, 0.5) is 34.1 Å². The number of rotatable bonds is 18. The molecule has 576 valence electrons. The molecule has 14 rings (SSSR count). The van der Waals surface area contributed by atoms with E-state index in [0.717, 1.165) is 42.5 Å². The highest BCUT2D eigenvalue weighted by atomic mass is 35.5. The summed E-state index contributed by atoms with van der Waals surface area (Å²) in [6.45, 7) is 3.51. The molecule has 115 heavy (non-hydrogen) atoms. The highest BCUT2D eigenvalue weighted by Gasteiger charge is 2.27. The van der Waals surface area contributed by atoms with Gasteiger partial charge >= 0.3 is 0 Å². The van der Waals surface area contributed by atoms with Crippen molar-refractivity contribution in [3.63, 3.8) is 0 Å². The van der Waals surface area contributed by atoms with Gasteiger partial charge in [-0.2, -0.15) is 0 Å². The van der Waals surface area contributed by atoms with Crippen molar-refractivity contribution in [3.05, 3.63) is 363 Å². The first-order chi connectivity index (χ1) is 54.8. The van der Waals surface area contributed by atoms with E-state index >= 15 is 0 Å². The minimum Gasteiger partial charge on any atom is -0.258 e. The lowest BCUT2D eigenvalue weighted by molar-refractivity contribution is -0.385. The van der Waals surface area contributed by atoms with Gasteiger partial charge < -0.3 is 0 Å². The number of non-ortho nitro benzene ring substituents is 6. The van der Waals surface area contributed by atoms with Gasteiger partial charge in [0.2, 0.25) is 0 Å². The van der Waals surface area contributed by atoms with E-state index in [9.17, 15) is 60.7 Å². The zero-order chi connectivity index (χ0) is 82.7. The van der Waals surface area contributed by atoms with Crippen LogP contribution >= 0.6 is 174 Å². The monoisotopic (exact) mass is 1820 g/mol. The van der Waals surface area contributed by atoms with Crippen molar-refractivity contribution in [2.45, 2.75) is 43.2 Å². The fraction of sp³-hybridized carbons (Fsp3) is 0.0244. The van der Waals surface area contributed by atoms with E-state index in [4.69, 9.17) is 139 Å². The summed E-state index contributed by atoms with van der Waals surface area (Å²) in [5.74, 6) is 0. The van der Waals surface area contributed by atoms with E-state index in [1.165, 1.54) is 108 Å². The second-order valence-electron chi connectivity index (χ2n) is 24.8. The number of hydrogen-bond donors (Lipinski definition) is 0. The Kier molecular flexibility index (Phi) is 26.9. The summed E-state index contributed by atoms with van der Waals surface area (Å²) in [5.41, 5.74) is 7.53. The lowest BCUT2D eigenvalue weighted by Gasteiger charge is -2.18. The summed E-state index contributed by atoms with van der Waals surface area (Å²) < 4.78 is 0. The van der Waals surface area contributed by atoms with Crippen LogP contribution in [0, 0.1) is 74.5 Å². The summed E-state index contributed by atoms with van der Waals surface area (Å²) in [7, 11) is 0. The van der Waals surface area contributed by atoms with E-state index in [0.29, 0.717) is 106 Å². The third kappa shape index (κ3) is 18.7. The molecule has 0 saturated heterocycles. The summed E-state index contributed by atoms with van der Waals surface area (Å²) in [6, 6.07) is 63.5. The van der Waals surface area contributed by atoms with Crippen molar-refractivity contribution in [1.82, 2.24) is 0 Å². The van der Waals surface area contributed by atoms with Crippen LogP contribution < -0.4 is 0 Å². The van der Waals surface area contributed by atoms with Crippen molar-refractivity contribution in [2.75, 3.05) is 0 Å². The number of nitrogens with zero attached hydrogens (tertiary/aromatic N) is 6. The lowest BCUT2D eigenvalue weighted by Crippen LogP contribution is -1.93. The van der Waals surface area contributed by atoms with Crippen LogP contribution in [0.3, 0.4) is 0 Å². The molecule has 0 aliphatic carbocycles. The standard InChI is InChI=1S/C32H18Cl2N2O4S.C26H16Cl4N2O4S.C24H10Cl6N2O4S/c33-29-17-21(35(37)38)11-15-25(29)27-13-9-19-5-1-3-7-23(19)31(27)41-32-24-8-4-2-6-20(24)10-14-28(32)26-16-12-22(36(39)40)18-30(26)34;1-13-11-15(31(33)34)3-5-17(13)23-19(27)7-9-21(25(23)29)37-22-10-8-20(28)24(26(22)30)18-6-4-16(32(35)36)12-14(18)2;25-13-5-11(7-15(9-13)31(33)34)21-17(27)1-3-19(23(21)29)37-20-4-2-18(28)22(24(20)30)12-6-14(26)10-16(8-12)32(35)36/h1-18H;3-12H,1-2H3;1-10H. The van der Waals surface area contributed by atoms with Gasteiger partial charge in [0, 0.05) is 166 Å². The molecule has 0 atom stereocenters.